The van der Waals surface area contributed by atoms with Gasteiger partial charge in [0.15, 0.2) is 0 Å². The Morgan fingerprint density at radius 1 is 0.783 bits per heavy atom. The second-order valence-electron chi connectivity index (χ2n) is 7.45. The van der Waals surface area contributed by atoms with Crippen LogP contribution in [0, 0.1) is 6.92 Å². The Kier molecular flexibility index (Phi) is 2.97. The fourth-order valence-corrected chi connectivity index (χ4v) is 3.03. The molecular weight excluding hydrogens is 287 g/mol. The first kappa shape index (κ1) is 14.8. The third-order valence-electron chi connectivity index (χ3n) is 5.18. The maximum Gasteiger partial charge on any atom is 0.494 e. The van der Waals surface area contributed by atoms with Crippen molar-refractivity contribution in [3.63, 3.8) is 0 Å². The van der Waals surface area contributed by atoms with Gasteiger partial charge in [0.25, 0.3) is 0 Å². The lowest BCUT2D eigenvalue weighted by Gasteiger charge is -2.32. The first-order valence-electron chi connectivity index (χ1n) is 8.05. The molecule has 3 aromatic rings. The summed E-state index contributed by atoms with van der Waals surface area (Å²) in [5.41, 5.74) is 3.34. The van der Waals surface area contributed by atoms with Crippen molar-refractivity contribution in [1.82, 2.24) is 0 Å². The average Bonchev–Trinajstić information content (AvgIpc) is 2.92. The minimum Gasteiger partial charge on any atom is -0.456 e. The maximum absolute atomic E-state index is 6.13. The summed E-state index contributed by atoms with van der Waals surface area (Å²) in [6, 6.07) is 12.5. The molecule has 0 radical (unpaired) electrons. The SMILES string of the molecule is Cc1ccc2oc3cc(B4OC(C)(C)C(C)(C)O4)ccc3c2c1. The van der Waals surface area contributed by atoms with Gasteiger partial charge in [-0.1, -0.05) is 23.8 Å². The van der Waals surface area contributed by atoms with Crippen LogP contribution in [0.3, 0.4) is 0 Å². The summed E-state index contributed by atoms with van der Waals surface area (Å²) in [7, 11) is -0.362. The van der Waals surface area contributed by atoms with E-state index in [0.29, 0.717) is 0 Å². The van der Waals surface area contributed by atoms with Gasteiger partial charge in [-0.25, -0.2) is 0 Å². The van der Waals surface area contributed by atoms with Crippen LogP contribution in [-0.2, 0) is 9.31 Å². The Morgan fingerprint density at radius 3 is 2.17 bits per heavy atom. The monoisotopic (exact) mass is 308 g/mol. The van der Waals surface area contributed by atoms with Gasteiger partial charge in [-0.3, -0.25) is 0 Å². The van der Waals surface area contributed by atoms with Crippen molar-refractivity contribution in [3.05, 3.63) is 42.0 Å². The first-order chi connectivity index (χ1) is 10.8. The second kappa shape index (κ2) is 4.62. The number of rotatable bonds is 1. The Labute approximate surface area is 136 Å². The van der Waals surface area contributed by atoms with E-state index in [1.54, 1.807) is 0 Å². The number of benzene rings is 2. The lowest BCUT2D eigenvalue weighted by Crippen LogP contribution is -2.41. The molecule has 1 aromatic heterocycles. The van der Waals surface area contributed by atoms with Gasteiger partial charge in [0.1, 0.15) is 11.2 Å². The predicted molar refractivity (Wildman–Crippen MR) is 94.2 cm³/mol. The van der Waals surface area contributed by atoms with Crippen molar-refractivity contribution in [1.29, 1.82) is 0 Å². The number of aryl methyl sites for hydroxylation is 1. The summed E-state index contributed by atoms with van der Waals surface area (Å²) in [6.07, 6.45) is 0. The van der Waals surface area contributed by atoms with Crippen LogP contribution in [0.2, 0.25) is 0 Å². The minimum absolute atomic E-state index is 0.336. The summed E-state index contributed by atoms with van der Waals surface area (Å²) in [5, 5.41) is 2.28. The fraction of sp³-hybridized carbons (Fsp3) is 0.368. The number of fused-ring (bicyclic) bond motifs is 3. The van der Waals surface area contributed by atoms with Crippen LogP contribution in [0.15, 0.2) is 40.8 Å². The van der Waals surface area contributed by atoms with Gasteiger partial charge in [-0.15, -0.1) is 0 Å². The van der Waals surface area contributed by atoms with Crippen LogP contribution in [0.5, 0.6) is 0 Å². The molecule has 0 atom stereocenters. The van der Waals surface area contributed by atoms with E-state index in [1.165, 1.54) is 5.56 Å². The second-order valence-corrected chi connectivity index (χ2v) is 7.45. The normalized spacial score (nSPS) is 19.8. The van der Waals surface area contributed by atoms with E-state index in [-0.39, 0.29) is 18.3 Å². The van der Waals surface area contributed by atoms with E-state index in [4.69, 9.17) is 13.7 Å². The van der Waals surface area contributed by atoms with Gasteiger partial charge in [-0.2, -0.15) is 0 Å². The molecule has 1 fully saturated rings. The topological polar surface area (TPSA) is 31.6 Å². The van der Waals surface area contributed by atoms with Crippen molar-refractivity contribution in [3.8, 4) is 0 Å². The summed E-state index contributed by atoms with van der Waals surface area (Å²) in [5.74, 6) is 0. The molecule has 3 nitrogen and oxygen atoms in total. The molecule has 2 heterocycles. The van der Waals surface area contributed by atoms with Gasteiger partial charge in [0, 0.05) is 10.8 Å². The van der Waals surface area contributed by atoms with Crippen LogP contribution < -0.4 is 5.46 Å². The molecule has 0 aliphatic carbocycles. The molecule has 0 saturated carbocycles. The molecule has 4 rings (SSSR count). The van der Waals surface area contributed by atoms with Gasteiger partial charge >= 0.3 is 7.12 Å². The molecule has 118 valence electrons. The van der Waals surface area contributed by atoms with Gasteiger partial charge in [-0.05, 0) is 58.3 Å². The quantitative estimate of drug-likeness (QED) is 0.632. The van der Waals surface area contributed by atoms with Crippen molar-refractivity contribution >= 4 is 34.5 Å². The van der Waals surface area contributed by atoms with Crippen molar-refractivity contribution < 1.29 is 13.7 Å². The van der Waals surface area contributed by atoms with Crippen LogP contribution in [0.1, 0.15) is 33.3 Å². The average molecular weight is 308 g/mol. The third kappa shape index (κ3) is 2.20. The van der Waals surface area contributed by atoms with E-state index in [2.05, 4.69) is 58.9 Å². The van der Waals surface area contributed by atoms with E-state index in [9.17, 15) is 0 Å². The summed E-state index contributed by atoms with van der Waals surface area (Å²) < 4.78 is 18.3. The molecule has 1 aliphatic rings. The number of hydrogen-bond donors (Lipinski definition) is 0. The van der Waals surface area contributed by atoms with E-state index in [0.717, 1.165) is 27.4 Å². The molecule has 4 heteroatoms. The number of hydrogen-bond acceptors (Lipinski definition) is 3. The summed E-state index contributed by atoms with van der Waals surface area (Å²) in [6.45, 7) is 10.4. The molecule has 23 heavy (non-hydrogen) atoms. The molecule has 0 N–H and O–H groups in total. The molecular formula is C19H21BO3. The van der Waals surface area contributed by atoms with Crippen LogP contribution in [0.4, 0.5) is 0 Å². The standard InChI is InChI=1S/C19H21BO3/c1-12-6-9-16-15(10-12)14-8-7-13(11-17(14)21-16)20-22-18(2,3)19(4,5)23-20/h6-11H,1-5H3. The first-order valence-corrected chi connectivity index (χ1v) is 8.05. The van der Waals surface area contributed by atoms with Crippen molar-refractivity contribution in [2.45, 2.75) is 45.8 Å². The van der Waals surface area contributed by atoms with E-state index in [1.807, 2.05) is 12.1 Å². The predicted octanol–water partition coefficient (Wildman–Crippen LogP) is 4.19. The van der Waals surface area contributed by atoms with Crippen LogP contribution in [0.25, 0.3) is 21.9 Å². The maximum atomic E-state index is 6.13. The zero-order valence-electron chi connectivity index (χ0n) is 14.3. The Bertz CT molecular complexity index is 892. The molecule has 0 spiro atoms. The van der Waals surface area contributed by atoms with Gasteiger partial charge in [0.2, 0.25) is 0 Å². The zero-order chi connectivity index (χ0) is 16.4. The molecule has 2 aromatic carbocycles. The van der Waals surface area contributed by atoms with Crippen LogP contribution in [-0.4, -0.2) is 18.3 Å². The van der Waals surface area contributed by atoms with Crippen LogP contribution >= 0.6 is 0 Å². The highest BCUT2D eigenvalue weighted by Crippen LogP contribution is 2.37. The summed E-state index contributed by atoms with van der Waals surface area (Å²) >= 11 is 0. The zero-order valence-corrected chi connectivity index (χ0v) is 14.3. The molecule has 0 bridgehead atoms. The molecule has 1 aliphatic heterocycles. The van der Waals surface area contributed by atoms with Gasteiger partial charge in [0.05, 0.1) is 11.2 Å². The van der Waals surface area contributed by atoms with E-state index >= 15 is 0 Å². The van der Waals surface area contributed by atoms with Crippen molar-refractivity contribution in [2.24, 2.45) is 0 Å². The molecule has 0 amide bonds. The lowest BCUT2D eigenvalue weighted by molar-refractivity contribution is 0.00578. The highest BCUT2D eigenvalue weighted by molar-refractivity contribution is 6.62. The fourth-order valence-electron chi connectivity index (χ4n) is 3.03. The highest BCUT2D eigenvalue weighted by Gasteiger charge is 2.51. The van der Waals surface area contributed by atoms with Crippen molar-refractivity contribution in [2.75, 3.05) is 0 Å². The smallest absolute Gasteiger partial charge is 0.456 e. The largest absolute Gasteiger partial charge is 0.494 e. The molecule has 0 unspecified atom stereocenters. The van der Waals surface area contributed by atoms with E-state index < -0.39 is 0 Å². The number of furan rings is 1. The molecule has 1 saturated heterocycles. The lowest BCUT2D eigenvalue weighted by atomic mass is 9.79. The Balaban J connectivity index is 1.80. The third-order valence-corrected chi connectivity index (χ3v) is 5.18. The summed E-state index contributed by atoms with van der Waals surface area (Å²) in [4.78, 5) is 0. The Morgan fingerprint density at radius 2 is 1.48 bits per heavy atom. The highest BCUT2D eigenvalue weighted by atomic mass is 16.7. The Hall–Kier alpha value is -1.78. The minimum atomic E-state index is -0.362. The van der Waals surface area contributed by atoms with Gasteiger partial charge < -0.3 is 13.7 Å².